The first kappa shape index (κ1) is 8.55. The Balaban J connectivity index is 2.19. The summed E-state index contributed by atoms with van der Waals surface area (Å²) in [7, 11) is 0. The normalized spacial score (nSPS) is 16.9. The summed E-state index contributed by atoms with van der Waals surface area (Å²) in [5.41, 5.74) is 0.843. The fourth-order valence-electron chi connectivity index (χ4n) is 1.29. The summed E-state index contributed by atoms with van der Waals surface area (Å²) in [5, 5.41) is 7.24. The maximum atomic E-state index is 11.0. The lowest BCUT2D eigenvalue weighted by molar-refractivity contribution is 0.209. The van der Waals surface area contributed by atoms with Gasteiger partial charge in [-0.05, 0) is 5.56 Å². The van der Waals surface area contributed by atoms with Crippen LogP contribution in [0, 0.1) is 0 Å². The van der Waals surface area contributed by atoms with Gasteiger partial charge in [0.15, 0.2) is 0 Å². The molecule has 0 aromatic heterocycles. The van der Waals surface area contributed by atoms with E-state index in [1.807, 2.05) is 30.3 Å². The minimum atomic E-state index is -0.484. The summed E-state index contributed by atoms with van der Waals surface area (Å²) < 4.78 is 0. The molecule has 1 heterocycles. The first-order chi connectivity index (χ1) is 6.75. The number of nitrogens with one attached hydrogen (secondary N) is 3. The summed E-state index contributed by atoms with van der Waals surface area (Å²) in [6.45, 7) is 0. The molecule has 72 valence electrons. The SMILES string of the molecule is O=C1NC(=O)NC(c2ccccc2)N1. The molecule has 4 amide bonds. The molecule has 0 atom stereocenters. The molecule has 0 bridgehead atoms. The summed E-state index contributed by atoms with van der Waals surface area (Å²) in [6.07, 6.45) is -0.447. The van der Waals surface area contributed by atoms with Gasteiger partial charge in [0.1, 0.15) is 6.17 Å². The van der Waals surface area contributed by atoms with Crippen LogP contribution in [0.2, 0.25) is 0 Å². The van der Waals surface area contributed by atoms with E-state index in [2.05, 4.69) is 16.0 Å². The molecule has 14 heavy (non-hydrogen) atoms. The third-order valence-corrected chi connectivity index (χ3v) is 1.91. The Morgan fingerprint density at radius 2 is 1.50 bits per heavy atom. The summed E-state index contributed by atoms with van der Waals surface area (Å²) in [4.78, 5) is 21.9. The molecule has 0 saturated carbocycles. The van der Waals surface area contributed by atoms with E-state index >= 15 is 0 Å². The van der Waals surface area contributed by atoms with Crippen LogP contribution in [-0.2, 0) is 0 Å². The number of amides is 4. The van der Waals surface area contributed by atoms with Crippen molar-refractivity contribution in [1.29, 1.82) is 0 Å². The lowest BCUT2D eigenvalue weighted by Crippen LogP contribution is -2.56. The fourth-order valence-corrected chi connectivity index (χ4v) is 1.29. The average molecular weight is 191 g/mol. The largest absolute Gasteiger partial charge is 0.324 e. The Bertz CT molecular complexity index is 348. The Labute approximate surface area is 80.5 Å². The van der Waals surface area contributed by atoms with E-state index in [4.69, 9.17) is 0 Å². The van der Waals surface area contributed by atoms with Gasteiger partial charge in [-0.2, -0.15) is 0 Å². The molecule has 0 unspecified atom stereocenters. The molecule has 1 aliphatic heterocycles. The van der Waals surface area contributed by atoms with Gasteiger partial charge in [0.05, 0.1) is 0 Å². The van der Waals surface area contributed by atoms with Crippen molar-refractivity contribution in [2.45, 2.75) is 6.17 Å². The second-order valence-corrected chi connectivity index (χ2v) is 2.92. The third-order valence-electron chi connectivity index (χ3n) is 1.91. The van der Waals surface area contributed by atoms with E-state index in [0.29, 0.717) is 0 Å². The van der Waals surface area contributed by atoms with Crippen molar-refractivity contribution in [3.05, 3.63) is 35.9 Å². The highest BCUT2D eigenvalue weighted by molar-refractivity contribution is 5.95. The molecule has 3 N–H and O–H groups in total. The van der Waals surface area contributed by atoms with Crippen molar-refractivity contribution in [3.63, 3.8) is 0 Å². The maximum absolute atomic E-state index is 11.0. The molecule has 2 rings (SSSR count). The molecule has 5 nitrogen and oxygen atoms in total. The van der Waals surface area contributed by atoms with Crippen LogP contribution in [0.25, 0.3) is 0 Å². The zero-order valence-corrected chi connectivity index (χ0v) is 7.28. The summed E-state index contributed by atoms with van der Waals surface area (Å²) >= 11 is 0. The smallest absolute Gasteiger partial charge is 0.313 e. The Morgan fingerprint density at radius 1 is 0.929 bits per heavy atom. The predicted octanol–water partition coefficient (Wildman–Crippen LogP) is 0.708. The lowest BCUT2D eigenvalue weighted by atomic mass is 10.1. The van der Waals surface area contributed by atoms with Crippen LogP contribution in [0.4, 0.5) is 9.59 Å². The van der Waals surface area contributed by atoms with Crippen molar-refractivity contribution in [1.82, 2.24) is 16.0 Å². The summed E-state index contributed by atoms with van der Waals surface area (Å²) in [6, 6.07) is 8.25. The van der Waals surface area contributed by atoms with Crippen molar-refractivity contribution >= 4 is 12.1 Å². The zero-order chi connectivity index (χ0) is 9.97. The standard InChI is InChI=1S/C9H9N3O2/c13-8-10-7(11-9(14)12-8)6-4-2-1-3-5-6/h1-5,7H,(H3,10,11,12,13,14). The van der Waals surface area contributed by atoms with E-state index < -0.39 is 18.2 Å². The van der Waals surface area contributed by atoms with Crippen molar-refractivity contribution in [3.8, 4) is 0 Å². The number of hydrogen-bond acceptors (Lipinski definition) is 2. The number of rotatable bonds is 1. The van der Waals surface area contributed by atoms with Crippen LogP contribution in [0.3, 0.4) is 0 Å². The molecule has 0 radical (unpaired) electrons. The van der Waals surface area contributed by atoms with Crippen LogP contribution in [0.15, 0.2) is 30.3 Å². The van der Waals surface area contributed by atoms with Crippen LogP contribution in [-0.4, -0.2) is 12.1 Å². The Morgan fingerprint density at radius 3 is 2.07 bits per heavy atom. The molecular formula is C9H9N3O2. The van der Waals surface area contributed by atoms with E-state index in [-0.39, 0.29) is 0 Å². The highest BCUT2D eigenvalue weighted by atomic mass is 16.2. The van der Waals surface area contributed by atoms with Crippen molar-refractivity contribution in [2.75, 3.05) is 0 Å². The second-order valence-electron chi connectivity index (χ2n) is 2.92. The maximum Gasteiger partial charge on any atom is 0.324 e. The monoisotopic (exact) mass is 191 g/mol. The molecule has 1 aromatic rings. The molecule has 5 heteroatoms. The minimum Gasteiger partial charge on any atom is -0.313 e. The van der Waals surface area contributed by atoms with Gasteiger partial charge in [-0.25, -0.2) is 9.59 Å². The van der Waals surface area contributed by atoms with Crippen LogP contribution >= 0.6 is 0 Å². The molecule has 1 saturated heterocycles. The van der Waals surface area contributed by atoms with Crippen molar-refractivity contribution in [2.24, 2.45) is 0 Å². The molecule has 1 fully saturated rings. The summed E-state index contributed by atoms with van der Waals surface area (Å²) in [5.74, 6) is 0. The van der Waals surface area contributed by atoms with E-state index in [1.165, 1.54) is 0 Å². The van der Waals surface area contributed by atoms with Crippen LogP contribution in [0.1, 0.15) is 11.7 Å². The van der Waals surface area contributed by atoms with E-state index in [0.717, 1.165) is 5.56 Å². The number of hydrogen-bond donors (Lipinski definition) is 3. The number of carbonyl (C=O) groups is 2. The van der Waals surface area contributed by atoms with Crippen molar-refractivity contribution < 1.29 is 9.59 Å². The topological polar surface area (TPSA) is 70.2 Å². The van der Waals surface area contributed by atoms with Gasteiger partial charge in [0, 0.05) is 0 Å². The molecular weight excluding hydrogens is 182 g/mol. The highest BCUT2D eigenvalue weighted by Crippen LogP contribution is 2.10. The van der Waals surface area contributed by atoms with Gasteiger partial charge in [-0.15, -0.1) is 0 Å². The number of carbonyl (C=O) groups excluding carboxylic acids is 2. The minimum absolute atomic E-state index is 0.447. The van der Waals surface area contributed by atoms with Gasteiger partial charge in [-0.3, -0.25) is 5.32 Å². The van der Waals surface area contributed by atoms with Gasteiger partial charge in [0.2, 0.25) is 0 Å². The molecule has 0 aliphatic carbocycles. The third kappa shape index (κ3) is 1.66. The van der Waals surface area contributed by atoms with Crippen LogP contribution in [0.5, 0.6) is 0 Å². The predicted molar refractivity (Wildman–Crippen MR) is 49.4 cm³/mol. The Hall–Kier alpha value is -2.04. The van der Waals surface area contributed by atoms with Gasteiger partial charge >= 0.3 is 12.1 Å². The lowest BCUT2D eigenvalue weighted by Gasteiger charge is -2.25. The van der Waals surface area contributed by atoms with Gasteiger partial charge in [-0.1, -0.05) is 30.3 Å². The molecule has 1 aromatic carbocycles. The van der Waals surface area contributed by atoms with Gasteiger partial charge < -0.3 is 10.6 Å². The van der Waals surface area contributed by atoms with E-state index in [1.54, 1.807) is 0 Å². The highest BCUT2D eigenvalue weighted by Gasteiger charge is 2.23. The number of imide groups is 1. The van der Waals surface area contributed by atoms with E-state index in [9.17, 15) is 9.59 Å². The molecule has 1 aliphatic rings. The van der Waals surface area contributed by atoms with Crippen LogP contribution < -0.4 is 16.0 Å². The Kier molecular flexibility index (Phi) is 2.06. The first-order valence-corrected chi connectivity index (χ1v) is 4.18. The molecule has 0 spiro atoms. The second kappa shape index (κ2) is 3.37. The zero-order valence-electron chi connectivity index (χ0n) is 7.28. The first-order valence-electron chi connectivity index (χ1n) is 4.18. The average Bonchev–Trinajstić information content (AvgIpc) is 2.18. The van der Waals surface area contributed by atoms with Gasteiger partial charge in [0.25, 0.3) is 0 Å². The number of benzene rings is 1. The quantitative estimate of drug-likeness (QED) is 0.611. The fraction of sp³-hybridized carbons (Fsp3) is 0.111. The number of urea groups is 2.